The van der Waals surface area contributed by atoms with Gasteiger partial charge in [-0.3, -0.25) is 14.3 Å². The van der Waals surface area contributed by atoms with Gasteiger partial charge in [0, 0.05) is 19.5 Å². The number of rotatable bonds is 6. The van der Waals surface area contributed by atoms with Crippen LogP contribution in [-0.2, 0) is 23.0 Å². The molecule has 162 valence electrons. The van der Waals surface area contributed by atoms with Gasteiger partial charge in [-0.15, -0.1) is 0 Å². The van der Waals surface area contributed by atoms with Crippen LogP contribution in [0.2, 0.25) is 0 Å². The second-order valence-electron chi connectivity index (χ2n) is 7.28. The van der Waals surface area contributed by atoms with Crippen LogP contribution in [0.1, 0.15) is 27.4 Å². The molecule has 0 spiro atoms. The zero-order valence-corrected chi connectivity index (χ0v) is 17.6. The van der Waals surface area contributed by atoms with E-state index in [-0.39, 0.29) is 12.0 Å². The summed E-state index contributed by atoms with van der Waals surface area (Å²) in [4.78, 5) is 44.4. The fourth-order valence-electron chi connectivity index (χ4n) is 3.39. The average Bonchev–Trinajstić information content (AvgIpc) is 3.09. The Balaban J connectivity index is 1.47. The molecule has 1 amide bonds. The molecule has 2 heterocycles. The quantitative estimate of drug-likeness (QED) is 0.453. The molecular formula is C23H21N5O4. The average molecular weight is 431 g/mol. The summed E-state index contributed by atoms with van der Waals surface area (Å²) in [5.74, 6) is -0.173. The number of carbonyl (C=O) groups is 2. The number of H-pyrrole nitrogens is 1. The van der Waals surface area contributed by atoms with Crippen molar-refractivity contribution in [3.8, 4) is 0 Å². The first kappa shape index (κ1) is 21.0. The molecule has 0 saturated carbocycles. The Morgan fingerprint density at radius 1 is 1.12 bits per heavy atom. The fraction of sp³-hybridized carbons (Fsp3) is 0.174. The van der Waals surface area contributed by atoms with Crippen LogP contribution in [0.3, 0.4) is 0 Å². The minimum Gasteiger partial charge on any atom is -0.452 e. The molecule has 4 rings (SSSR count). The third-order valence-electron chi connectivity index (χ3n) is 4.86. The van der Waals surface area contributed by atoms with Gasteiger partial charge in [0.05, 0.1) is 22.2 Å². The summed E-state index contributed by atoms with van der Waals surface area (Å²) in [5.41, 5.74) is 2.02. The summed E-state index contributed by atoms with van der Waals surface area (Å²) in [6.45, 7) is 1.37. The maximum atomic E-state index is 12.7. The number of para-hydroxylation sites is 1. The second-order valence-corrected chi connectivity index (χ2v) is 7.28. The van der Waals surface area contributed by atoms with Crippen molar-refractivity contribution >= 4 is 28.6 Å². The number of benzene rings is 2. The Bertz CT molecular complexity index is 1370. The van der Waals surface area contributed by atoms with Crippen LogP contribution in [0.25, 0.3) is 10.9 Å². The zero-order valence-electron chi connectivity index (χ0n) is 17.6. The second kappa shape index (κ2) is 8.84. The van der Waals surface area contributed by atoms with Gasteiger partial charge in [0.25, 0.3) is 11.5 Å². The van der Waals surface area contributed by atoms with Gasteiger partial charge in [0.2, 0.25) is 0 Å². The third kappa shape index (κ3) is 4.56. The lowest BCUT2D eigenvalue weighted by Gasteiger charge is -2.10. The summed E-state index contributed by atoms with van der Waals surface area (Å²) in [6, 6.07) is 15.6. The van der Waals surface area contributed by atoms with Crippen LogP contribution >= 0.6 is 0 Å². The lowest BCUT2D eigenvalue weighted by Crippen LogP contribution is -2.22. The van der Waals surface area contributed by atoms with Crippen molar-refractivity contribution in [2.75, 3.05) is 11.9 Å². The monoisotopic (exact) mass is 431 g/mol. The number of fused-ring (bicyclic) bond motifs is 1. The Morgan fingerprint density at radius 2 is 1.88 bits per heavy atom. The highest BCUT2D eigenvalue weighted by atomic mass is 16.5. The summed E-state index contributed by atoms with van der Waals surface area (Å²) in [5, 5.41) is 7.30. The van der Waals surface area contributed by atoms with E-state index in [1.807, 2.05) is 13.0 Å². The molecule has 2 N–H and O–H groups in total. The fourth-order valence-corrected chi connectivity index (χ4v) is 3.39. The van der Waals surface area contributed by atoms with Crippen LogP contribution in [-0.4, -0.2) is 38.2 Å². The molecular weight excluding hydrogens is 410 g/mol. The van der Waals surface area contributed by atoms with Crippen LogP contribution in [0, 0.1) is 6.92 Å². The standard InChI is InChI=1S/C23H21N5O4/c1-14-11-20(28(2)27-14)26-21(29)13-32-23(31)16-8-4-3-7-15(16)12-19-24-18-10-6-5-9-17(18)22(30)25-19/h3-11H,12-13H2,1-2H3,(H,26,29)(H,24,25,30). The number of anilines is 1. The predicted octanol–water partition coefficient (Wildman–Crippen LogP) is 2.35. The number of nitrogens with zero attached hydrogens (tertiary/aromatic N) is 3. The van der Waals surface area contributed by atoms with E-state index in [1.165, 1.54) is 4.68 Å². The van der Waals surface area contributed by atoms with Crippen molar-refractivity contribution in [3.05, 3.63) is 87.6 Å². The maximum absolute atomic E-state index is 12.7. The number of nitrogens with one attached hydrogen (secondary N) is 2. The lowest BCUT2D eigenvalue weighted by molar-refractivity contribution is -0.119. The number of carbonyl (C=O) groups excluding carboxylic acids is 2. The van der Waals surface area contributed by atoms with Gasteiger partial charge in [-0.2, -0.15) is 5.10 Å². The summed E-state index contributed by atoms with van der Waals surface area (Å²) < 4.78 is 6.74. The van der Waals surface area contributed by atoms with E-state index in [1.54, 1.807) is 55.6 Å². The normalized spacial score (nSPS) is 10.8. The lowest BCUT2D eigenvalue weighted by atomic mass is 10.0. The van der Waals surface area contributed by atoms with Crippen molar-refractivity contribution < 1.29 is 14.3 Å². The minimum atomic E-state index is -0.639. The molecule has 0 saturated heterocycles. The number of aromatic amines is 1. The van der Waals surface area contributed by atoms with Crippen LogP contribution in [0.4, 0.5) is 5.82 Å². The number of aromatic nitrogens is 4. The molecule has 9 nitrogen and oxygen atoms in total. The van der Waals surface area contributed by atoms with Gasteiger partial charge in [0.15, 0.2) is 6.61 Å². The number of ether oxygens (including phenoxy) is 1. The zero-order chi connectivity index (χ0) is 22.7. The molecule has 0 unspecified atom stereocenters. The molecule has 0 radical (unpaired) electrons. The van der Waals surface area contributed by atoms with Gasteiger partial charge in [-0.25, -0.2) is 9.78 Å². The Morgan fingerprint density at radius 3 is 2.66 bits per heavy atom. The first-order chi connectivity index (χ1) is 15.4. The van der Waals surface area contributed by atoms with E-state index in [4.69, 9.17) is 4.74 Å². The summed E-state index contributed by atoms with van der Waals surface area (Å²) >= 11 is 0. The van der Waals surface area contributed by atoms with E-state index in [2.05, 4.69) is 20.4 Å². The Kier molecular flexibility index (Phi) is 5.80. The highest BCUT2D eigenvalue weighted by Crippen LogP contribution is 2.15. The van der Waals surface area contributed by atoms with Gasteiger partial charge in [-0.1, -0.05) is 30.3 Å². The molecule has 2 aromatic carbocycles. The predicted molar refractivity (Wildman–Crippen MR) is 118 cm³/mol. The van der Waals surface area contributed by atoms with Gasteiger partial charge in [0.1, 0.15) is 11.6 Å². The largest absolute Gasteiger partial charge is 0.452 e. The highest BCUT2D eigenvalue weighted by molar-refractivity contribution is 5.95. The molecule has 0 aliphatic carbocycles. The molecule has 9 heteroatoms. The van der Waals surface area contributed by atoms with Gasteiger partial charge >= 0.3 is 5.97 Å². The van der Waals surface area contributed by atoms with Crippen LogP contribution in [0.15, 0.2) is 59.4 Å². The van der Waals surface area contributed by atoms with Gasteiger partial charge < -0.3 is 15.0 Å². The van der Waals surface area contributed by atoms with E-state index in [0.717, 1.165) is 5.69 Å². The Labute approximate surface area is 183 Å². The smallest absolute Gasteiger partial charge is 0.338 e. The van der Waals surface area contributed by atoms with E-state index < -0.39 is 18.5 Å². The van der Waals surface area contributed by atoms with Crippen LogP contribution in [0.5, 0.6) is 0 Å². The number of amides is 1. The molecule has 32 heavy (non-hydrogen) atoms. The molecule has 0 bridgehead atoms. The number of esters is 1. The van der Waals surface area contributed by atoms with E-state index >= 15 is 0 Å². The molecule has 0 fully saturated rings. The summed E-state index contributed by atoms with van der Waals surface area (Å²) in [6.07, 6.45) is 0.228. The molecule has 4 aromatic rings. The molecule has 0 atom stereocenters. The van der Waals surface area contributed by atoms with Crippen LogP contribution < -0.4 is 10.9 Å². The SMILES string of the molecule is Cc1cc(NC(=O)COC(=O)c2ccccc2Cc2nc3ccccc3c(=O)[nH]2)n(C)n1. The first-order valence-electron chi connectivity index (χ1n) is 9.94. The topological polar surface area (TPSA) is 119 Å². The van der Waals surface area contributed by atoms with E-state index in [9.17, 15) is 14.4 Å². The highest BCUT2D eigenvalue weighted by Gasteiger charge is 2.16. The van der Waals surface area contributed by atoms with E-state index in [0.29, 0.717) is 33.7 Å². The first-order valence-corrected chi connectivity index (χ1v) is 9.94. The van der Waals surface area contributed by atoms with Gasteiger partial charge in [-0.05, 0) is 30.7 Å². The summed E-state index contributed by atoms with van der Waals surface area (Å²) in [7, 11) is 1.70. The Hall–Kier alpha value is -4.27. The maximum Gasteiger partial charge on any atom is 0.338 e. The van der Waals surface area contributed by atoms with Crippen molar-refractivity contribution in [2.45, 2.75) is 13.3 Å². The molecule has 0 aliphatic heterocycles. The molecule has 0 aliphatic rings. The molecule has 2 aromatic heterocycles. The van der Waals surface area contributed by atoms with Crippen molar-refractivity contribution in [1.29, 1.82) is 0 Å². The minimum absolute atomic E-state index is 0.228. The van der Waals surface area contributed by atoms with Crippen molar-refractivity contribution in [1.82, 2.24) is 19.7 Å². The number of aryl methyl sites for hydroxylation is 2. The third-order valence-corrected chi connectivity index (χ3v) is 4.86. The van der Waals surface area contributed by atoms with Crippen molar-refractivity contribution in [3.63, 3.8) is 0 Å². The number of hydrogen-bond acceptors (Lipinski definition) is 6. The number of hydrogen-bond donors (Lipinski definition) is 2. The van der Waals surface area contributed by atoms with Crippen molar-refractivity contribution in [2.24, 2.45) is 7.05 Å².